The van der Waals surface area contributed by atoms with Gasteiger partial charge in [-0.15, -0.1) is 0 Å². The number of benzene rings is 3. The summed E-state index contributed by atoms with van der Waals surface area (Å²) < 4.78 is 10.9. The largest absolute Gasteiger partial charge is 0.493 e. The second-order valence-electron chi connectivity index (χ2n) is 8.70. The first-order valence-corrected chi connectivity index (χ1v) is 11.9. The summed E-state index contributed by atoms with van der Waals surface area (Å²) in [6, 6.07) is 23.4. The van der Waals surface area contributed by atoms with Crippen molar-refractivity contribution in [2.24, 2.45) is 0 Å². The van der Waals surface area contributed by atoms with Gasteiger partial charge in [0.25, 0.3) is 0 Å². The topological polar surface area (TPSA) is 88.3 Å². The van der Waals surface area contributed by atoms with Crippen LogP contribution in [0.4, 0.5) is 17.1 Å². The summed E-state index contributed by atoms with van der Waals surface area (Å²) in [6.45, 7) is 2.00. The van der Waals surface area contributed by atoms with Crippen LogP contribution in [-0.2, 0) is 11.2 Å². The number of aromatic amines is 1. The van der Waals surface area contributed by atoms with Crippen LogP contribution in [0.25, 0.3) is 22.0 Å². The summed E-state index contributed by atoms with van der Waals surface area (Å²) in [7, 11) is 3.22. The van der Waals surface area contributed by atoms with Crippen molar-refractivity contribution < 1.29 is 14.3 Å². The third-order valence-corrected chi connectivity index (χ3v) is 6.30. The zero-order valence-electron chi connectivity index (χ0n) is 21.0. The van der Waals surface area contributed by atoms with Gasteiger partial charge in [-0.3, -0.25) is 9.78 Å². The van der Waals surface area contributed by atoms with E-state index in [0.29, 0.717) is 17.2 Å². The Morgan fingerprint density at radius 3 is 2.54 bits per heavy atom. The Bertz CT molecular complexity index is 1560. The van der Waals surface area contributed by atoms with E-state index in [4.69, 9.17) is 9.47 Å². The quantitative estimate of drug-likeness (QED) is 0.231. The monoisotopic (exact) mass is 492 g/mol. The first-order valence-electron chi connectivity index (χ1n) is 11.9. The molecule has 0 bridgehead atoms. The number of fused-ring (bicyclic) bond motifs is 1. The van der Waals surface area contributed by atoms with Gasteiger partial charge in [0, 0.05) is 39.7 Å². The fraction of sp³-hybridized carbons (Fsp3) is 0.133. The number of anilines is 3. The fourth-order valence-corrected chi connectivity index (χ4v) is 4.49. The molecule has 7 heteroatoms. The number of H-pyrrole nitrogens is 1. The van der Waals surface area contributed by atoms with Crippen molar-refractivity contribution in [3.8, 4) is 22.6 Å². The average molecular weight is 493 g/mol. The number of pyridine rings is 1. The molecule has 0 unspecified atom stereocenters. The van der Waals surface area contributed by atoms with Crippen LogP contribution in [0.5, 0.6) is 11.5 Å². The molecule has 3 N–H and O–H groups in total. The van der Waals surface area contributed by atoms with Gasteiger partial charge in [-0.1, -0.05) is 24.3 Å². The van der Waals surface area contributed by atoms with Gasteiger partial charge in [0.05, 0.1) is 32.5 Å². The molecular weight excluding hydrogens is 464 g/mol. The van der Waals surface area contributed by atoms with Gasteiger partial charge in [0.2, 0.25) is 5.91 Å². The van der Waals surface area contributed by atoms with Gasteiger partial charge < -0.3 is 25.1 Å². The molecule has 0 aliphatic heterocycles. The van der Waals surface area contributed by atoms with E-state index >= 15 is 0 Å². The molecule has 0 fully saturated rings. The highest BCUT2D eigenvalue weighted by molar-refractivity contribution is 5.97. The van der Waals surface area contributed by atoms with Crippen molar-refractivity contribution in [1.82, 2.24) is 9.97 Å². The standard InChI is InChI=1S/C30H28N4O3/c1-19-24(23-8-4-5-9-26(23)32-19)17-30(35)34-21-11-12-27(33-22-7-6-14-31-18-22)25(16-21)20-10-13-28(36-2)29(15-20)37-3/h4-16,18,32-33H,17H2,1-3H3,(H,34,35). The highest BCUT2D eigenvalue weighted by Gasteiger charge is 2.15. The number of amides is 1. The molecule has 0 aliphatic carbocycles. The number of ether oxygens (including phenoxy) is 2. The summed E-state index contributed by atoms with van der Waals surface area (Å²) in [5.74, 6) is 1.18. The Morgan fingerprint density at radius 1 is 0.919 bits per heavy atom. The minimum Gasteiger partial charge on any atom is -0.493 e. The number of hydrogen-bond donors (Lipinski definition) is 3. The van der Waals surface area contributed by atoms with E-state index in [1.807, 2.05) is 79.7 Å². The maximum Gasteiger partial charge on any atom is 0.228 e. The maximum absolute atomic E-state index is 13.1. The molecule has 37 heavy (non-hydrogen) atoms. The van der Waals surface area contributed by atoms with Crippen LogP contribution in [0.15, 0.2) is 85.2 Å². The highest BCUT2D eigenvalue weighted by Crippen LogP contribution is 2.38. The van der Waals surface area contributed by atoms with Crippen LogP contribution in [0.2, 0.25) is 0 Å². The first-order chi connectivity index (χ1) is 18.1. The van der Waals surface area contributed by atoms with E-state index < -0.39 is 0 Å². The summed E-state index contributed by atoms with van der Waals surface area (Å²) in [4.78, 5) is 20.7. The number of aromatic nitrogens is 2. The number of rotatable bonds is 8. The number of aryl methyl sites for hydroxylation is 1. The molecule has 0 radical (unpaired) electrons. The maximum atomic E-state index is 13.1. The molecule has 7 nitrogen and oxygen atoms in total. The minimum atomic E-state index is -0.0842. The van der Waals surface area contributed by atoms with E-state index in [2.05, 4.69) is 20.6 Å². The van der Waals surface area contributed by atoms with Gasteiger partial charge in [0.15, 0.2) is 11.5 Å². The SMILES string of the molecule is COc1ccc(-c2cc(NC(=O)Cc3c(C)[nH]c4ccccc34)ccc2Nc2cccnc2)cc1OC. The van der Waals surface area contributed by atoms with E-state index in [-0.39, 0.29) is 12.3 Å². The van der Waals surface area contributed by atoms with Crippen molar-refractivity contribution in [2.45, 2.75) is 13.3 Å². The van der Waals surface area contributed by atoms with Crippen LogP contribution in [0.1, 0.15) is 11.3 Å². The lowest BCUT2D eigenvalue weighted by Crippen LogP contribution is -2.15. The molecule has 0 aliphatic rings. The van der Waals surface area contributed by atoms with E-state index in [1.165, 1.54) is 0 Å². The predicted molar refractivity (Wildman–Crippen MR) is 148 cm³/mol. The van der Waals surface area contributed by atoms with Crippen molar-refractivity contribution in [2.75, 3.05) is 24.9 Å². The van der Waals surface area contributed by atoms with E-state index in [1.54, 1.807) is 26.6 Å². The Kier molecular flexibility index (Phi) is 6.76. The molecule has 0 saturated carbocycles. The Balaban J connectivity index is 1.47. The molecule has 2 heterocycles. The zero-order valence-corrected chi connectivity index (χ0v) is 21.0. The molecule has 0 atom stereocenters. The smallest absolute Gasteiger partial charge is 0.228 e. The summed E-state index contributed by atoms with van der Waals surface area (Å²) in [6.07, 6.45) is 3.77. The van der Waals surface area contributed by atoms with Gasteiger partial charge >= 0.3 is 0 Å². The third-order valence-electron chi connectivity index (χ3n) is 6.30. The summed E-state index contributed by atoms with van der Waals surface area (Å²) >= 11 is 0. The second-order valence-corrected chi connectivity index (χ2v) is 8.70. The molecule has 186 valence electrons. The zero-order chi connectivity index (χ0) is 25.8. The van der Waals surface area contributed by atoms with Gasteiger partial charge in [-0.2, -0.15) is 0 Å². The number of hydrogen-bond acceptors (Lipinski definition) is 5. The predicted octanol–water partition coefficient (Wildman–Crippen LogP) is 6.48. The lowest BCUT2D eigenvalue weighted by molar-refractivity contribution is -0.115. The Morgan fingerprint density at radius 2 is 1.76 bits per heavy atom. The molecule has 1 amide bonds. The van der Waals surface area contributed by atoms with Crippen LogP contribution in [-0.4, -0.2) is 30.1 Å². The molecule has 0 spiro atoms. The fourth-order valence-electron chi connectivity index (χ4n) is 4.49. The van der Waals surface area contributed by atoms with E-state index in [9.17, 15) is 4.79 Å². The van der Waals surface area contributed by atoms with Gasteiger partial charge in [0.1, 0.15) is 0 Å². The number of carbonyl (C=O) groups is 1. The number of carbonyl (C=O) groups excluding carboxylic acids is 1. The van der Waals surface area contributed by atoms with Crippen LogP contribution >= 0.6 is 0 Å². The molecule has 3 aromatic carbocycles. The normalized spacial score (nSPS) is 10.8. The Hall–Kier alpha value is -4.78. The number of nitrogens with one attached hydrogen (secondary N) is 3. The lowest BCUT2D eigenvalue weighted by Gasteiger charge is -2.16. The second kappa shape index (κ2) is 10.5. The first kappa shape index (κ1) is 23.9. The highest BCUT2D eigenvalue weighted by atomic mass is 16.5. The molecule has 0 saturated heterocycles. The summed E-state index contributed by atoms with van der Waals surface area (Å²) in [5.41, 5.74) is 7.26. The van der Waals surface area contributed by atoms with Crippen molar-refractivity contribution >= 4 is 33.9 Å². The molecule has 2 aromatic heterocycles. The van der Waals surface area contributed by atoms with E-state index in [0.717, 1.165) is 44.7 Å². The summed E-state index contributed by atoms with van der Waals surface area (Å²) in [5, 5.41) is 7.57. The number of para-hydroxylation sites is 1. The van der Waals surface area contributed by atoms with Gasteiger partial charge in [-0.05, 0) is 66.6 Å². The van der Waals surface area contributed by atoms with Crippen molar-refractivity contribution in [3.63, 3.8) is 0 Å². The number of nitrogens with zero attached hydrogens (tertiary/aromatic N) is 1. The van der Waals surface area contributed by atoms with Crippen molar-refractivity contribution in [1.29, 1.82) is 0 Å². The van der Waals surface area contributed by atoms with Crippen LogP contribution in [0.3, 0.4) is 0 Å². The van der Waals surface area contributed by atoms with Crippen LogP contribution in [0, 0.1) is 6.92 Å². The average Bonchev–Trinajstić information content (AvgIpc) is 3.24. The minimum absolute atomic E-state index is 0.0842. The van der Waals surface area contributed by atoms with Crippen LogP contribution < -0.4 is 20.1 Å². The Labute approximate surface area is 215 Å². The van der Waals surface area contributed by atoms with Crippen molar-refractivity contribution in [3.05, 3.63) is 96.4 Å². The molecular formula is C30H28N4O3. The van der Waals surface area contributed by atoms with Gasteiger partial charge in [-0.25, -0.2) is 0 Å². The molecule has 5 rings (SSSR count). The third kappa shape index (κ3) is 5.11. The lowest BCUT2D eigenvalue weighted by atomic mass is 10.0. The number of methoxy groups -OCH3 is 2. The molecule has 5 aromatic rings.